The van der Waals surface area contributed by atoms with Gasteiger partial charge in [-0.25, -0.2) is 0 Å². The molecule has 2 aromatic carbocycles. The highest BCUT2D eigenvalue weighted by atomic mass is 16.5. The average Bonchev–Trinajstić information content (AvgIpc) is 2.70. The Labute approximate surface area is 156 Å². The quantitative estimate of drug-likeness (QED) is 0.683. The van der Waals surface area contributed by atoms with Gasteiger partial charge in [0, 0.05) is 5.56 Å². The van der Waals surface area contributed by atoms with Crippen LogP contribution in [0, 0.1) is 0 Å². The zero-order valence-corrected chi connectivity index (χ0v) is 15.0. The summed E-state index contributed by atoms with van der Waals surface area (Å²) in [7, 11) is 2.97. The normalized spacial score (nSPS) is 9.85. The number of carbonyl (C=O) groups excluding carboxylic acids is 3. The van der Waals surface area contributed by atoms with E-state index < -0.39 is 24.4 Å². The van der Waals surface area contributed by atoms with Gasteiger partial charge in [-0.1, -0.05) is 18.2 Å². The molecule has 8 nitrogen and oxygen atoms in total. The SMILES string of the molecule is COc1cccc(C(=O)NCC(=O)OCC(=O)Nc2ccccc2OC)c1. The first-order chi connectivity index (χ1) is 13.0. The van der Waals surface area contributed by atoms with Crippen LogP contribution in [-0.4, -0.2) is 45.2 Å². The lowest BCUT2D eigenvalue weighted by Crippen LogP contribution is -2.32. The fourth-order valence-electron chi connectivity index (χ4n) is 2.15. The fraction of sp³-hybridized carbons (Fsp3) is 0.211. The third-order valence-corrected chi connectivity index (χ3v) is 3.47. The Hall–Kier alpha value is -3.55. The van der Waals surface area contributed by atoms with Crippen LogP contribution in [0.25, 0.3) is 0 Å². The molecule has 0 aliphatic carbocycles. The molecule has 2 rings (SSSR count). The van der Waals surface area contributed by atoms with Crippen molar-refractivity contribution in [3.63, 3.8) is 0 Å². The minimum Gasteiger partial charge on any atom is -0.497 e. The molecule has 27 heavy (non-hydrogen) atoms. The van der Waals surface area contributed by atoms with E-state index >= 15 is 0 Å². The smallest absolute Gasteiger partial charge is 0.325 e. The molecule has 0 saturated heterocycles. The minimum absolute atomic E-state index is 0.344. The van der Waals surface area contributed by atoms with E-state index in [0.29, 0.717) is 22.7 Å². The molecule has 2 amide bonds. The summed E-state index contributed by atoms with van der Waals surface area (Å²) in [6.45, 7) is -0.843. The van der Waals surface area contributed by atoms with Crippen molar-refractivity contribution in [1.82, 2.24) is 5.32 Å². The Bertz CT molecular complexity index is 821. The van der Waals surface area contributed by atoms with Gasteiger partial charge in [-0.2, -0.15) is 0 Å². The molecule has 0 spiro atoms. The van der Waals surface area contributed by atoms with E-state index in [1.54, 1.807) is 48.5 Å². The van der Waals surface area contributed by atoms with Crippen molar-refractivity contribution in [2.45, 2.75) is 0 Å². The van der Waals surface area contributed by atoms with Crippen molar-refractivity contribution < 1.29 is 28.6 Å². The molecule has 0 bridgehead atoms. The highest BCUT2D eigenvalue weighted by molar-refractivity contribution is 5.97. The molecule has 0 aromatic heterocycles. The number of carbonyl (C=O) groups is 3. The number of hydrogen-bond donors (Lipinski definition) is 2. The Kier molecular flexibility index (Phi) is 7.18. The largest absolute Gasteiger partial charge is 0.497 e. The van der Waals surface area contributed by atoms with Gasteiger partial charge in [0.2, 0.25) is 0 Å². The van der Waals surface area contributed by atoms with Gasteiger partial charge in [-0.05, 0) is 30.3 Å². The molecule has 0 unspecified atom stereocenters. The number of esters is 1. The highest BCUT2D eigenvalue weighted by Crippen LogP contribution is 2.22. The summed E-state index contributed by atoms with van der Waals surface area (Å²) in [6, 6.07) is 13.3. The molecule has 0 atom stereocenters. The van der Waals surface area contributed by atoms with Crippen molar-refractivity contribution in [1.29, 1.82) is 0 Å². The van der Waals surface area contributed by atoms with E-state index in [1.165, 1.54) is 14.2 Å². The summed E-state index contributed by atoms with van der Waals surface area (Å²) in [5, 5.41) is 5.00. The van der Waals surface area contributed by atoms with E-state index in [9.17, 15) is 14.4 Å². The van der Waals surface area contributed by atoms with Crippen LogP contribution in [-0.2, 0) is 14.3 Å². The standard InChI is InChI=1S/C19H20N2O6/c1-25-14-7-5-6-13(10-14)19(24)20-11-18(23)27-12-17(22)21-15-8-3-4-9-16(15)26-2/h3-10H,11-12H2,1-2H3,(H,20,24)(H,21,22). The number of rotatable bonds is 8. The van der Waals surface area contributed by atoms with Crippen LogP contribution in [0.1, 0.15) is 10.4 Å². The van der Waals surface area contributed by atoms with E-state index in [4.69, 9.17) is 14.2 Å². The van der Waals surface area contributed by atoms with Crippen LogP contribution in [0.5, 0.6) is 11.5 Å². The average molecular weight is 372 g/mol. The van der Waals surface area contributed by atoms with Crippen molar-refractivity contribution in [2.24, 2.45) is 0 Å². The topological polar surface area (TPSA) is 103 Å². The monoisotopic (exact) mass is 372 g/mol. The molecule has 0 heterocycles. The van der Waals surface area contributed by atoms with Crippen LogP contribution in [0.2, 0.25) is 0 Å². The van der Waals surface area contributed by atoms with Gasteiger partial charge in [0.15, 0.2) is 6.61 Å². The number of amides is 2. The van der Waals surface area contributed by atoms with Crippen LogP contribution in [0.3, 0.4) is 0 Å². The van der Waals surface area contributed by atoms with Gasteiger partial charge in [0.1, 0.15) is 18.0 Å². The number of nitrogens with one attached hydrogen (secondary N) is 2. The molecule has 2 N–H and O–H groups in total. The summed E-state index contributed by atoms with van der Waals surface area (Å²) in [5.41, 5.74) is 0.809. The molecule has 0 saturated carbocycles. The molecular formula is C19H20N2O6. The predicted molar refractivity (Wildman–Crippen MR) is 97.9 cm³/mol. The summed E-state index contributed by atoms with van der Waals surface area (Å²) in [5.74, 6) is -0.696. The Morgan fingerprint density at radius 1 is 0.963 bits per heavy atom. The van der Waals surface area contributed by atoms with Crippen LogP contribution < -0.4 is 20.1 Å². The molecule has 0 radical (unpaired) electrons. The van der Waals surface area contributed by atoms with E-state index in [-0.39, 0.29) is 6.54 Å². The second-order valence-corrected chi connectivity index (χ2v) is 5.32. The van der Waals surface area contributed by atoms with Crippen molar-refractivity contribution in [3.8, 4) is 11.5 Å². The Morgan fingerprint density at radius 3 is 2.48 bits per heavy atom. The lowest BCUT2D eigenvalue weighted by molar-refractivity contribution is -0.146. The minimum atomic E-state index is -0.735. The number of para-hydroxylation sites is 2. The Balaban J connectivity index is 1.77. The van der Waals surface area contributed by atoms with Crippen molar-refractivity contribution >= 4 is 23.5 Å². The molecule has 0 aliphatic rings. The molecule has 2 aromatic rings. The van der Waals surface area contributed by atoms with Gasteiger partial charge < -0.3 is 24.8 Å². The number of benzene rings is 2. The van der Waals surface area contributed by atoms with Crippen LogP contribution in [0.15, 0.2) is 48.5 Å². The van der Waals surface area contributed by atoms with Crippen molar-refractivity contribution in [3.05, 3.63) is 54.1 Å². The second kappa shape index (κ2) is 9.81. The van der Waals surface area contributed by atoms with Crippen LogP contribution >= 0.6 is 0 Å². The molecule has 0 aliphatic heterocycles. The first kappa shape index (κ1) is 19.8. The number of anilines is 1. The number of ether oxygens (including phenoxy) is 3. The number of hydrogen-bond acceptors (Lipinski definition) is 6. The lowest BCUT2D eigenvalue weighted by Gasteiger charge is -2.10. The summed E-state index contributed by atoms with van der Waals surface area (Å²) >= 11 is 0. The van der Waals surface area contributed by atoms with Gasteiger partial charge >= 0.3 is 5.97 Å². The number of methoxy groups -OCH3 is 2. The van der Waals surface area contributed by atoms with Crippen LogP contribution in [0.4, 0.5) is 5.69 Å². The summed E-state index contributed by atoms with van der Waals surface area (Å²) < 4.78 is 15.0. The molecule has 0 fully saturated rings. The molecule has 142 valence electrons. The Morgan fingerprint density at radius 2 is 1.74 bits per heavy atom. The zero-order chi connectivity index (χ0) is 19.6. The van der Waals surface area contributed by atoms with Gasteiger partial charge in [-0.15, -0.1) is 0 Å². The van der Waals surface area contributed by atoms with Gasteiger partial charge in [0.05, 0.1) is 19.9 Å². The summed E-state index contributed by atoms with van der Waals surface area (Å²) in [4.78, 5) is 35.6. The third-order valence-electron chi connectivity index (χ3n) is 3.47. The van der Waals surface area contributed by atoms with E-state index in [2.05, 4.69) is 10.6 Å². The zero-order valence-electron chi connectivity index (χ0n) is 15.0. The summed E-state index contributed by atoms with van der Waals surface area (Å²) in [6.07, 6.45) is 0. The second-order valence-electron chi connectivity index (χ2n) is 5.32. The van der Waals surface area contributed by atoms with Gasteiger partial charge in [0.25, 0.3) is 11.8 Å². The molecular weight excluding hydrogens is 352 g/mol. The van der Waals surface area contributed by atoms with E-state index in [1.807, 2.05) is 0 Å². The lowest BCUT2D eigenvalue weighted by atomic mass is 10.2. The third kappa shape index (κ3) is 6.03. The van der Waals surface area contributed by atoms with Crippen molar-refractivity contribution in [2.75, 3.05) is 32.7 Å². The highest BCUT2D eigenvalue weighted by Gasteiger charge is 2.12. The first-order valence-corrected chi connectivity index (χ1v) is 8.04. The first-order valence-electron chi connectivity index (χ1n) is 8.04. The van der Waals surface area contributed by atoms with E-state index in [0.717, 1.165) is 0 Å². The maximum absolute atomic E-state index is 12.0. The fourth-order valence-corrected chi connectivity index (χ4v) is 2.15. The predicted octanol–water partition coefficient (Wildman–Crippen LogP) is 1.62. The maximum atomic E-state index is 12.0. The maximum Gasteiger partial charge on any atom is 0.325 e. The van der Waals surface area contributed by atoms with Gasteiger partial charge in [-0.3, -0.25) is 14.4 Å². The molecule has 8 heteroatoms.